The Morgan fingerprint density at radius 3 is 2.20 bits per heavy atom. The van der Waals surface area contributed by atoms with E-state index in [2.05, 4.69) is 48.1 Å². The average molecular weight is 568 g/mol. The molecule has 0 aromatic rings. The summed E-state index contributed by atoms with van der Waals surface area (Å²) in [6.45, 7) is 21.9. The third-order valence-electron chi connectivity index (χ3n) is 14.7. The second-order valence-electron chi connectivity index (χ2n) is 17.2. The monoisotopic (exact) mass is 567 g/mol. The molecule has 0 bridgehead atoms. The molecule has 0 radical (unpaired) electrons. The van der Waals surface area contributed by atoms with Gasteiger partial charge < -0.3 is 19.4 Å². The molecular formula is C36H55O5-. The van der Waals surface area contributed by atoms with Gasteiger partial charge in [0.1, 0.15) is 12.4 Å². The Labute approximate surface area is 248 Å². The van der Waals surface area contributed by atoms with Crippen LogP contribution in [0, 0.1) is 62.1 Å². The molecule has 0 spiro atoms. The van der Waals surface area contributed by atoms with Crippen LogP contribution in [0.4, 0.5) is 0 Å². The van der Waals surface area contributed by atoms with E-state index in [4.69, 9.17) is 4.74 Å². The Balaban J connectivity index is 1.41. The summed E-state index contributed by atoms with van der Waals surface area (Å²) in [6.07, 6.45) is 11.8. The Kier molecular flexibility index (Phi) is 7.27. The van der Waals surface area contributed by atoms with Crippen molar-refractivity contribution < 1.29 is 24.2 Å². The third kappa shape index (κ3) is 4.24. The SMILES string of the molecule is C=C(C)[C@@H]1CC[C@]2(C=O)CC[C@]3(C)[C@H](CC[C@@H]4[C@@]5(C)CCC(OC(=O)CC(C)(C)C(=O)[O-])C(C)(C)[C@@H]5CC[C@]43C)[C@@H]12. The van der Waals surface area contributed by atoms with Crippen LogP contribution in [0.15, 0.2) is 12.2 Å². The van der Waals surface area contributed by atoms with Crippen LogP contribution in [0.1, 0.15) is 126 Å². The number of aldehydes is 1. The molecule has 0 amide bonds. The molecular weight excluding hydrogens is 512 g/mol. The van der Waals surface area contributed by atoms with Crippen LogP contribution in [0.3, 0.4) is 0 Å². The van der Waals surface area contributed by atoms with Crippen molar-refractivity contribution in [2.24, 2.45) is 62.1 Å². The van der Waals surface area contributed by atoms with Crippen LogP contribution in [0.5, 0.6) is 0 Å². The van der Waals surface area contributed by atoms with Gasteiger partial charge in [0.05, 0.1) is 6.42 Å². The minimum atomic E-state index is -1.24. The summed E-state index contributed by atoms with van der Waals surface area (Å²) < 4.78 is 6.09. The van der Waals surface area contributed by atoms with Gasteiger partial charge in [-0.3, -0.25) is 4.79 Å². The minimum absolute atomic E-state index is 0.153. The second-order valence-corrected chi connectivity index (χ2v) is 17.2. The normalized spacial score (nSPS) is 46.7. The fourth-order valence-electron chi connectivity index (χ4n) is 12.2. The number of hydrogen-bond donors (Lipinski definition) is 0. The fourth-order valence-corrected chi connectivity index (χ4v) is 12.2. The van der Waals surface area contributed by atoms with Gasteiger partial charge in [-0.2, -0.15) is 0 Å². The topological polar surface area (TPSA) is 83.5 Å². The highest BCUT2D eigenvalue weighted by molar-refractivity contribution is 5.80. The van der Waals surface area contributed by atoms with E-state index in [0.29, 0.717) is 29.6 Å². The number of carboxylic acids is 1. The smallest absolute Gasteiger partial charge is 0.307 e. The Morgan fingerprint density at radius 1 is 0.902 bits per heavy atom. The number of allylic oxidation sites excluding steroid dienone is 1. The summed E-state index contributed by atoms with van der Waals surface area (Å²) in [5.41, 5.74) is 0.231. The summed E-state index contributed by atoms with van der Waals surface area (Å²) in [5, 5.41) is 11.5. The number of hydrogen-bond acceptors (Lipinski definition) is 5. The summed E-state index contributed by atoms with van der Waals surface area (Å²) in [5.74, 6) is 0.821. The van der Waals surface area contributed by atoms with E-state index in [-0.39, 0.29) is 39.6 Å². The van der Waals surface area contributed by atoms with Gasteiger partial charge in [0.2, 0.25) is 0 Å². The first-order valence-electron chi connectivity index (χ1n) is 16.4. The first-order valence-corrected chi connectivity index (χ1v) is 16.4. The highest BCUT2D eigenvalue weighted by Crippen LogP contribution is 2.77. The summed E-state index contributed by atoms with van der Waals surface area (Å²) in [7, 11) is 0. The predicted molar refractivity (Wildman–Crippen MR) is 158 cm³/mol. The van der Waals surface area contributed by atoms with Crippen molar-refractivity contribution in [3.8, 4) is 0 Å². The first kappa shape index (κ1) is 30.8. The van der Waals surface area contributed by atoms with Crippen LogP contribution in [-0.4, -0.2) is 24.3 Å². The number of ether oxygens (including phenoxy) is 1. The molecule has 5 aliphatic rings. The zero-order chi connectivity index (χ0) is 30.4. The van der Waals surface area contributed by atoms with Crippen LogP contribution in [0.2, 0.25) is 0 Å². The van der Waals surface area contributed by atoms with Gasteiger partial charge in [0.25, 0.3) is 0 Å². The van der Waals surface area contributed by atoms with E-state index in [0.717, 1.165) is 44.9 Å². The van der Waals surface area contributed by atoms with Crippen LogP contribution in [-0.2, 0) is 19.1 Å². The van der Waals surface area contributed by atoms with Gasteiger partial charge in [-0.25, -0.2) is 0 Å². The summed E-state index contributed by atoms with van der Waals surface area (Å²) in [6, 6.07) is 0. The van der Waals surface area contributed by atoms with Crippen molar-refractivity contribution in [2.75, 3.05) is 0 Å². The number of fused-ring (bicyclic) bond motifs is 7. The van der Waals surface area contributed by atoms with Gasteiger partial charge in [-0.1, -0.05) is 60.6 Å². The number of carbonyl (C=O) groups excluding carboxylic acids is 3. The standard InChI is InChI=1S/C36H56O5/c1-22(2)23-12-17-36(21-37)19-18-34(8)24(29(23)36)10-11-26-33(7)15-14-27(41-28(38)20-31(3,4)30(39)40)32(5,6)25(33)13-16-35(26,34)9/h21,23-27,29H,1,10-20H2,2-9H3,(H,39,40)/p-1/t23-,24+,25-,26+,27?,29+,33-,34+,35+,36+/m0/s1. The zero-order valence-electron chi connectivity index (χ0n) is 27.1. The maximum Gasteiger partial charge on any atom is 0.307 e. The van der Waals surface area contributed by atoms with E-state index < -0.39 is 17.4 Å². The van der Waals surface area contributed by atoms with Crippen molar-refractivity contribution in [1.82, 2.24) is 0 Å². The van der Waals surface area contributed by atoms with Crippen molar-refractivity contribution in [3.05, 3.63) is 12.2 Å². The van der Waals surface area contributed by atoms with Crippen molar-refractivity contribution in [1.29, 1.82) is 0 Å². The molecule has 5 aliphatic carbocycles. The maximum atomic E-state index is 12.9. The third-order valence-corrected chi connectivity index (χ3v) is 14.7. The minimum Gasteiger partial charge on any atom is -0.550 e. The van der Waals surface area contributed by atoms with E-state index in [1.165, 1.54) is 45.0 Å². The van der Waals surface area contributed by atoms with Crippen molar-refractivity contribution >= 4 is 18.2 Å². The molecule has 0 heterocycles. The molecule has 0 N–H and O–H groups in total. The highest BCUT2D eigenvalue weighted by Gasteiger charge is 2.71. The predicted octanol–water partition coefficient (Wildman–Crippen LogP) is 6.92. The van der Waals surface area contributed by atoms with E-state index >= 15 is 0 Å². The highest BCUT2D eigenvalue weighted by atomic mass is 16.5. The first-order chi connectivity index (χ1) is 18.9. The maximum absolute atomic E-state index is 12.9. The molecule has 0 aliphatic heterocycles. The Bertz CT molecular complexity index is 1120. The molecule has 5 heteroatoms. The molecule has 0 saturated heterocycles. The van der Waals surface area contributed by atoms with Crippen LogP contribution in [0.25, 0.3) is 0 Å². The zero-order valence-corrected chi connectivity index (χ0v) is 27.1. The van der Waals surface area contributed by atoms with E-state index in [1.807, 2.05) is 0 Å². The number of aliphatic carboxylic acids is 1. The van der Waals surface area contributed by atoms with Gasteiger partial charge in [0, 0.05) is 22.2 Å². The molecule has 0 aromatic carbocycles. The summed E-state index contributed by atoms with van der Waals surface area (Å²) >= 11 is 0. The second kappa shape index (κ2) is 9.68. The van der Waals surface area contributed by atoms with E-state index in [1.54, 1.807) is 0 Å². The lowest BCUT2D eigenvalue weighted by Gasteiger charge is -2.72. The molecule has 5 nitrogen and oxygen atoms in total. The van der Waals surface area contributed by atoms with E-state index in [9.17, 15) is 19.5 Å². The molecule has 41 heavy (non-hydrogen) atoms. The van der Waals surface area contributed by atoms with Gasteiger partial charge in [0.15, 0.2) is 0 Å². The molecule has 1 unspecified atom stereocenters. The molecule has 5 fully saturated rings. The fraction of sp³-hybridized carbons (Fsp3) is 0.861. The Morgan fingerprint density at radius 2 is 1.59 bits per heavy atom. The molecule has 0 aromatic heterocycles. The lowest BCUT2D eigenvalue weighted by Crippen LogP contribution is -2.67. The quantitative estimate of drug-likeness (QED) is 0.198. The van der Waals surface area contributed by atoms with Gasteiger partial charge >= 0.3 is 5.97 Å². The lowest BCUT2D eigenvalue weighted by molar-refractivity contribution is -0.318. The van der Waals surface area contributed by atoms with Gasteiger partial charge in [-0.05, 0) is 117 Å². The van der Waals surface area contributed by atoms with Crippen molar-refractivity contribution in [2.45, 2.75) is 132 Å². The molecule has 10 atom stereocenters. The number of rotatable bonds is 6. The number of esters is 1. The molecule has 230 valence electrons. The largest absolute Gasteiger partial charge is 0.550 e. The Hall–Kier alpha value is -1.65. The lowest BCUT2D eigenvalue weighted by atomic mass is 9.32. The number of carboxylic acid groups (broad SMARTS) is 1. The van der Waals surface area contributed by atoms with Gasteiger partial charge in [-0.15, -0.1) is 0 Å². The van der Waals surface area contributed by atoms with Crippen LogP contribution >= 0.6 is 0 Å². The summed E-state index contributed by atoms with van der Waals surface area (Å²) in [4.78, 5) is 37.1. The van der Waals surface area contributed by atoms with Crippen molar-refractivity contribution in [3.63, 3.8) is 0 Å². The average Bonchev–Trinajstić information content (AvgIpc) is 3.26. The van der Waals surface area contributed by atoms with Crippen LogP contribution < -0.4 is 5.11 Å². The number of carbonyl (C=O) groups is 3. The molecule has 5 rings (SSSR count). The molecule has 5 saturated carbocycles.